The SMILES string of the molecule is Cc1ccc(O)c(Cn2c(=NC3CCN(CCNC(=O)OC(C)(C)C)CC3)n(Cc3ccc(C#N)cc3)c3ccccc32)n1. The molecule has 1 aliphatic rings. The predicted octanol–water partition coefficient (Wildman–Crippen LogP) is 4.71. The highest BCUT2D eigenvalue weighted by molar-refractivity contribution is 5.76. The van der Waals surface area contributed by atoms with Crippen LogP contribution in [0.3, 0.4) is 0 Å². The molecular weight excluding hydrogens is 554 g/mol. The van der Waals surface area contributed by atoms with Crippen molar-refractivity contribution >= 4 is 17.1 Å². The van der Waals surface area contributed by atoms with E-state index in [0.29, 0.717) is 30.9 Å². The molecule has 2 N–H and O–H groups in total. The van der Waals surface area contributed by atoms with Crippen molar-refractivity contribution in [3.8, 4) is 11.8 Å². The summed E-state index contributed by atoms with van der Waals surface area (Å²) in [6.45, 7) is 11.5. The maximum atomic E-state index is 12.0. The molecule has 0 bridgehead atoms. The molecule has 2 aromatic heterocycles. The van der Waals surface area contributed by atoms with E-state index in [-0.39, 0.29) is 11.8 Å². The van der Waals surface area contributed by atoms with Gasteiger partial charge in [0, 0.05) is 31.9 Å². The van der Waals surface area contributed by atoms with Crippen LogP contribution in [0.4, 0.5) is 4.79 Å². The second kappa shape index (κ2) is 13.3. The number of imidazole rings is 1. The Bertz CT molecular complexity index is 1720. The third-order valence-corrected chi connectivity index (χ3v) is 7.72. The number of benzene rings is 2. The van der Waals surface area contributed by atoms with E-state index in [1.807, 2.05) is 64.1 Å². The molecule has 0 aliphatic carbocycles. The van der Waals surface area contributed by atoms with E-state index in [1.54, 1.807) is 12.1 Å². The zero-order valence-electron chi connectivity index (χ0n) is 26.0. The van der Waals surface area contributed by atoms with Gasteiger partial charge in [-0.15, -0.1) is 0 Å². The quantitative estimate of drug-likeness (QED) is 0.304. The minimum atomic E-state index is -0.516. The van der Waals surface area contributed by atoms with E-state index < -0.39 is 11.7 Å². The number of alkyl carbamates (subject to hydrolysis) is 1. The first-order valence-electron chi connectivity index (χ1n) is 15.2. The highest BCUT2D eigenvalue weighted by Crippen LogP contribution is 2.21. The first-order chi connectivity index (χ1) is 21.1. The van der Waals surface area contributed by atoms with E-state index >= 15 is 0 Å². The molecule has 0 radical (unpaired) electrons. The van der Waals surface area contributed by atoms with Crippen LogP contribution in [-0.2, 0) is 17.8 Å². The number of rotatable bonds is 8. The van der Waals surface area contributed by atoms with Gasteiger partial charge in [-0.1, -0.05) is 24.3 Å². The summed E-state index contributed by atoms with van der Waals surface area (Å²) in [5, 5.41) is 22.8. The predicted molar refractivity (Wildman–Crippen MR) is 169 cm³/mol. The Morgan fingerprint density at radius 2 is 1.70 bits per heavy atom. The molecule has 1 amide bonds. The molecule has 44 heavy (non-hydrogen) atoms. The number of aryl methyl sites for hydroxylation is 1. The number of aromatic hydroxyl groups is 1. The van der Waals surface area contributed by atoms with Crippen LogP contribution in [0.1, 0.15) is 56.1 Å². The van der Waals surface area contributed by atoms with Crippen LogP contribution < -0.4 is 10.9 Å². The van der Waals surface area contributed by atoms with Crippen LogP contribution in [-0.4, -0.2) is 68.0 Å². The molecular formula is C34H41N7O3. The summed E-state index contributed by atoms with van der Waals surface area (Å²) in [4.78, 5) is 24.4. The Morgan fingerprint density at radius 3 is 2.34 bits per heavy atom. The van der Waals surface area contributed by atoms with Gasteiger partial charge in [-0.3, -0.25) is 4.98 Å². The van der Waals surface area contributed by atoms with Crippen molar-refractivity contribution in [3.63, 3.8) is 0 Å². The molecule has 3 heterocycles. The van der Waals surface area contributed by atoms with E-state index in [9.17, 15) is 15.2 Å². The van der Waals surface area contributed by atoms with Crippen LogP contribution in [0.25, 0.3) is 11.0 Å². The zero-order chi connectivity index (χ0) is 31.3. The van der Waals surface area contributed by atoms with Crippen LogP contribution >= 0.6 is 0 Å². The maximum Gasteiger partial charge on any atom is 0.407 e. The molecule has 0 spiro atoms. The monoisotopic (exact) mass is 595 g/mol. The molecule has 230 valence electrons. The molecule has 10 heteroatoms. The lowest BCUT2D eigenvalue weighted by molar-refractivity contribution is 0.0520. The summed E-state index contributed by atoms with van der Waals surface area (Å²) < 4.78 is 9.72. The van der Waals surface area contributed by atoms with E-state index in [4.69, 9.17) is 9.73 Å². The van der Waals surface area contributed by atoms with Crippen molar-refractivity contribution in [2.45, 2.75) is 65.3 Å². The third-order valence-electron chi connectivity index (χ3n) is 7.72. The average Bonchev–Trinajstić information content (AvgIpc) is 3.27. The van der Waals surface area contributed by atoms with Gasteiger partial charge >= 0.3 is 6.09 Å². The average molecular weight is 596 g/mol. The van der Waals surface area contributed by atoms with Crippen molar-refractivity contribution in [2.75, 3.05) is 26.2 Å². The normalized spacial score (nSPS) is 14.9. The molecule has 4 aromatic rings. The fourth-order valence-electron chi connectivity index (χ4n) is 5.54. The first-order valence-corrected chi connectivity index (χ1v) is 15.2. The second-order valence-corrected chi connectivity index (χ2v) is 12.3. The Hall–Kier alpha value is -4.62. The van der Waals surface area contributed by atoms with Gasteiger partial charge in [0.05, 0.1) is 41.8 Å². The number of hydrogen-bond donors (Lipinski definition) is 2. The van der Waals surface area contributed by atoms with Crippen molar-refractivity contribution in [1.82, 2.24) is 24.3 Å². The van der Waals surface area contributed by atoms with Gasteiger partial charge in [0.1, 0.15) is 17.0 Å². The number of nitriles is 1. The van der Waals surface area contributed by atoms with Gasteiger partial charge in [0.15, 0.2) is 0 Å². The number of carbonyl (C=O) groups is 1. The number of fused-ring (bicyclic) bond motifs is 1. The number of piperidine rings is 1. The molecule has 2 aromatic carbocycles. The van der Waals surface area contributed by atoms with Crippen LogP contribution in [0.5, 0.6) is 5.75 Å². The lowest BCUT2D eigenvalue weighted by Crippen LogP contribution is -2.42. The fraction of sp³-hybridized carbons (Fsp3) is 0.412. The summed E-state index contributed by atoms with van der Waals surface area (Å²) in [6, 6.07) is 21.7. The van der Waals surface area contributed by atoms with Crippen LogP contribution in [0, 0.1) is 18.3 Å². The number of carbonyl (C=O) groups excluding carboxylic acids is 1. The number of hydrogen-bond acceptors (Lipinski definition) is 7. The second-order valence-electron chi connectivity index (χ2n) is 12.3. The van der Waals surface area contributed by atoms with Crippen LogP contribution in [0.2, 0.25) is 0 Å². The Balaban J connectivity index is 1.43. The standard InChI is InChI=1S/C34H41N7O3/c1-24-9-14-31(42)28(37-24)23-41-30-8-6-5-7-29(30)40(22-26-12-10-25(21-35)11-13-26)32(41)38-27-15-18-39(19-16-27)20-17-36-33(43)44-34(2,3)4/h5-14,27,42H,15-20,22-23H2,1-4H3,(H,36,43). The van der Waals surface area contributed by atoms with Crippen molar-refractivity contribution in [3.05, 3.63) is 88.8 Å². The number of ether oxygens (including phenoxy) is 1. The summed E-state index contributed by atoms with van der Waals surface area (Å²) in [7, 11) is 0. The minimum Gasteiger partial charge on any atom is -0.506 e. The molecule has 1 fully saturated rings. The smallest absolute Gasteiger partial charge is 0.407 e. The fourth-order valence-corrected chi connectivity index (χ4v) is 5.54. The largest absolute Gasteiger partial charge is 0.506 e. The zero-order valence-corrected chi connectivity index (χ0v) is 26.0. The minimum absolute atomic E-state index is 0.111. The van der Waals surface area contributed by atoms with Gasteiger partial charge in [0.25, 0.3) is 0 Å². The first kappa shape index (κ1) is 30.8. The molecule has 0 unspecified atom stereocenters. The third kappa shape index (κ3) is 7.66. The van der Waals surface area contributed by atoms with Crippen molar-refractivity contribution in [2.24, 2.45) is 4.99 Å². The number of para-hydroxylation sites is 2. The number of pyridine rings is 1. The molecule has 1 aliphatic heterocycles. The highest BCUT2D eigenvalue weighted by atomic mass is 16.6. The number of amides is 1. The summed E-state index contributed by atoms with van der Waals surface area (Å²) in [5.74, 6) is 0.159. The molecule has 0 saturated carbocycles. The van der Waals surface area contributed by atoms with Gasteiger partial charge in [-0.25, -0.2) is 9.79 Å². The van der Waals surface area contributed by atoms with Gasteiger partial charge in [-0.05, 0) is 82.5 Å². The molecule has 10 nitrogen and oxygen atoms in total. The van der Waals surface area contributed by atoms with Gasteiger partial charge < -0.3 is 29.2 Å². The van der Waals surface area contributed by atoms with E-state index in [1.165, 1.54) is 0 Å². The number of nitrogens with zero attached hydrogens (tertiary/aromatic N) is 6. The Kier molecular flexibility index (Phi) is 9.35. The molecule has 1 saturated heterocycles. The molecule has 5 rings (SSSR count). The van der Waals surface area contributed by atoms with Crippen LogP contribution in [0.15, 0.2) is 65.7 Å². The number of nitrogens with one attached hydrogen (secondary N) is 1. The van der Waals surface area contributed by atoms with Gasteiger partial charge in [-0.2, -0.15) is 5.26 Å². The van der Waals surface area contributed by atoms with Crippen molar-refractivity contribution < 1.29 is 14.6 Å². The summed E-state index contributed by atoms with van der Waals surface area (Å²) in [5.41, 5.74) is 5.48. The van der Waals surface area contributed by atoms with Crippen molar-refractivity contribution in [1.29, 1.82) is 5.26 Å². The topological polar surface area (TPSA) is 121 Å². The number of likely N-dealkylation sites (tertiary alicyclic amines) is 1. The Labute approximate surface area is 258 Å². The summed E-state index contributed by atoms with van der Waals surface area (Å²) in [6.07, 6.45) is 1.38. The van der Waals surface area contributed by atoms with Gasteiger partial charge in [0.2, 0.25) is 5.62 Å². The van der Waals surface area contributed by atoms with E-state index in [2.05, 4.69) is 42.5 Å². The highest BCUT2D eigenvalue weighted by Gasteiger charge is 2.22. The molecule has 0 atom stereocenters. The Morgan fingerprint density at radius 1 is 1.05 bits per heavy atom. The lowest BCUT2D eigenvalue weighted by atomic mass is 10.1. The maximum absolute atomic E-state index is 12.0. The lowest BCUT2D eigenvalue weighted by Gasteiger charge is -2.30. The van der Waals surface area contributed by atoms with E-state index in [0.717, 1.165) is 60.4 Å². The summed E-state index contributed by atoms with van der Waals surface area (Å²) >= 11 is 0. The number of aromatic nitrogens is 3.